The van der Waals surface area contributed by atoms with E-state index in [-0.39, 0.29) is 35.2 Å². The number of rotatable bonds is 6. The van der Waals surface area contributed by atoms with Crippen molar-refractivity contribution in [2.45, 2.75) is 45.1 Å². The van der Waals surface area contributed by atoms with Crippen molar-refractivity contribution < 1.29 is 23.5 Å². The predicted octanol–water partition coefficient (Wildman–Crippen LogP) is 6.91. The van der Waals surface area contributed by atoms with E-state index < -0.39 is 17.5 Å². The number of carbonyl (C=O) groups is 2. The van der Waals surface area contributed by atoms with Gasteiger partial charge < -0.3 is 14.4 Å². The highest BCUT2D eigenvalue weighted by molar-refractivity contribution is 7.15. The fourth-order valence-electron chi connectivity index (χ4n) is 4.06. The number of nitrogens with zero attached hydrogens (tertiary/aromatic N) is 4. The summed E-state index contributed by atoms with van der Waals surface area (Å²) in [6.45, 7) is 10.0. The van der Waals surface area contributed by atoms with Crippen LogP contribution in [0.15, 0.2) is 43.1 Å². The Kier molecular flexibility index (Phi) is 8.81. The maximum Gasteiger partial charge on any atom is 0.412 e. The molecule has 9 nitrogen and oxygen atoms in total. The van der Waals surface area contributed by atoms with Crippen LogP contribution in [0.1, 0.15) is 44.5 Å². The Bertz CT molecular complexity index is 1370. The second-order valence-corrected chi connectivity index (χ2v) is 11.2. The zero-order chi connectivity index (χ0) is 28.2. The van der Waals surface area contributed by atoms with Crippen molar-refractivity contribution in [3.63, 3.8) is 0 Å². The highest BCUT2D eigenvalue weighted by atomic mass is 35.5. The van der Waals surface area contributed by atoms with Gasteiger partial charge >= 0.3 is 12.2 Å². The number of piperidine rings is 1. The third kappa shape index (κ3) is 7.10. The summed E-state index contributed by atoms with van der Waals surface area (Å²) in [5.41, 5.74) is 0.452. The monoisotopic (exact) mass is 573 g/mol. The summed E-state index contributed by atoms with van der Waals surface area (Å²) in [6, 6.07) is 6.34. The number of amides is 2. The van der Waals surface area contributed by atoms with Gasteiger partial charge in [-0.05, 0) is 63.4 Å². The molecule has 1 fully saturated rings. The number of nitrogens with one attached hydrogen (secondary N) is 1. The Morgan fingerprint density at radius 2 is 2.00 bits per heavy atom. The maximum absolute atomic E-state index is 15.7. The van der Waals surface area contributed by atoms with Crippen LogP contribution in [0.3, 0.4) is 0 Å². The minimum atomic E-state index is -0.801. The first kappa shape index (κ1) is 28.4. The highest BCUT2D eigenvalue weighted by Gasteiger charge is 2.30. The number of carbonyl (C=O) groups excluding carboxylic acids is 2. The van der Waals surface area contributed by atoms with Crippen LogP contribution in [0.2, 0.25) is 5.28 Å². The number of halogens is 2. The Morgan fingerprint density at radius 1 is 1.26 bits per heavy atom. The summed E-state index contributed by atoms with van der Waals surface area (Å²) in [7, 11) is 0. The zero-order valence-electron chi connectivity index (χ0n) is 21.9. The first-order valence-corrected chi connectivity index (χ1v) is 13.6. The average molecular weight is 574 g/mol. The molecule has 0 spiro atoms. The number of anilines is 1. The van der Waals surface area contributed by atoms with Crippen LogP contribution in [0, 0.1) is 5.82 Å². The Morgan fingerprint density at radius 3 is 2.67 bits per heavy atom. The molecule has 2 aromatic heterocycles. The van der Waals surface area contributed by atoms with Gasteiger partial charge in [-0.25, -0.2) is 28.9 Å². The van der Waals surface area contributed by atoms with E-state index in [9.17, 15) is 9.59 Å². The summed E-state index contributed by atoms with van der Waals surface area (Å²) >= 11 is 7.46. The van der Waals surface area contributed by atoms with Crippen LogP contribution in [-0.4, -0.2) is 57.3 Å². The molecule has 0 atom stereocenters. The minimum absolute atomic E-state index is 0.00600. The molecule has 12 heteroatoms. The van der Waals surface area contributed by atoms with Crippen LogP contribution in [0.25, 0.3) is 21.8 Å². The van der Waals surface area contributed by atoms with Crippen molar-refractivity contribution in [3.05, 3.63) is 59.2 Å². The third-order valence-electron chi connectivity index (χ3n) is 5.82. The maximum atomic E-state index is 15.7. The van der Waals surface area contributed by atoms with Crippen LogP contribution < -0.4 is 5.32 Å². The lowest BCUT2D eigenvalue weighted by molar-refractivity contribution is 0.0204. The summed E-state index contributed by atoms with van der Waals surface area (Å²) in [6.07, 6.45) is 3.15. The van der Waals surface area contributed by atoms with E-state index in [4.69, 9.17) is 26.1 Å². The van der Waals surface area contributed by atoms with Crippen LogP contribution in [0.4, 0.5) is 19.7 Å². The number of likely N-dealkylation sites (tertiary alicyclic amines) is 1. The largest absolute Gasteiger partial charge is 0.445 e. The van der Waals surface area contributed by atoms with Gasteiger partial charge in [-0.15, -0.1) is 11.3 Å². The second kappa shape index (κ2) is 12.1. The third-order valence-corrected chi connectivity index (χ3v) is 7.24. The highest BCUT2D eigenvalue weighted by Crippen LogP contribution is 2.42. The van der Waals surface area contributed by atoms with Crippen LogP contribution >= 0.6 is 22.9 Å². The summed E-state index contributed by atoms with van der Waals surface area (Å²) in [5, 5.41) is 3.27. The lowest BCUT2D eigenvalue weighted by atomic mass is 9.97. The molecule has 0 aliphatic carbocycles. The molecule has 0 radical (unpaired) electrons. The first-order valence-electron chi connectivity index (χ1n) is 12.4. The van der Waals surface area contributed by atoms with E-state index in [0.717, 1.165) is 5.01 Å². The van der Waals surface area contributed by atoms with E-state index in [2.05, 4.69) is 21.9 Å². The second-order valence-electron chi connectivity index (χ2n) is 9.86. The van der Waals surface area contributed by atoms with E-state index in [1.807, 2.05) is 20.8 Å². The number of benzene rings is 1. The number of hydrogen-bond acceptors (Lipinski definition) is 8. The standard InChI is InChI=1S/C27H29ClFN5O4S/c1-5-15-37-25(35)32-18-8-6-7-17(20(18)29)21-22(19-9-12-30-24(28)31-19)39-23(33-21)16-10-13-34(14-11-16)26(36)38-27(2,3)4/h5-9,12,16H,1,10-11,13-15H2,2-4H3,(H,32,35). The van der Waals surface area contributed by atoms with Crippen molar-refractivity contribution in [2.24, 2.45) is 0 Å². The molecule has 206 valence electrons. The van der Waals surface area contributed by atoms with Gasteiger partial charge in [0, 0.05) is 30.8 Å². The lowest BCUT2D eigenvalue weighted by Gasteiger charge is -2.32. The Hall–Kier alpha value is -3.57. The fraction of sp³-hybridized carbons (Fsp3) is 0.370. The van der Waals surface area contributed by atoms with Crippen molar-refractivity contribution >= 4 is 40.8 Å². The molecule has 0 bridgehead atoms. The molecule has 1 aromatic carbocycles. The van der Waals surface area contributed by atoms with Gasteiger partial charge in [0.25, 0.3) is 0 Å². The smallest absolute Gasteiger partial charge is 0.412 e. The van der Waals surface area contributed by atoms with Gasteiger partial charge in [-0.2, -0.15) is 0 Å². The van der Waals surface area contributed by atoms with Gasteiger partial charge in [0.2, 0.25) is 5.28 Å². The average Bonchev–Trinajstić information content (AvgIpc) is 3.33. The topological polar surface area (TPSA) is 107 Å². The Labute approximate surface area is 235 Å². The molecule has 2 amide bonds. The molecular weight excluding hydrogens is 545 g/mol. The van der Waals surface area contributed by atoms with Crippen molar-refractivity contribution in [2.75, 3.05) is 25.0 Å². The van der Waals surface area contributed by atoms with Crippen molar-refractivity contribution in [3.8, 4) is 21.8 Å². The first-order chi connectivity index (χ1) is 18.6. The summed E-state index contributed by atoms with van der Waals surface area (Å²) in [4.78, 5) is 40.0. The van der Waals surface area contributed by atoms with E-state index >= 15 is 4.39 Å². The van der Waals surface area contributed by atoms with Gasteiger partial charge in [-0.3, -0.25) is 5.32 Å². The quantitative estimate of drug-likeness (QED) is 0.252. The van der Waals surface area contributed by atoms with E-state index in [0.29, 0.717) is 42.2 Å². The molecular formula is C27H29ClFN5O4S. The van der Waals surface area contributed by atoms with E-state index in [1.54, 1.807) is 23.1 Å². The zero-order valence-corrected chi connectivity index (χ0v) is 23.4. The Balaban J connectivity index is 1.65. The lowest BCUT2D eigenvalue weighted by Crippen LogP contribution is -2.41. The van der Waals surface area contributed by atoms with E-state index in [1.165, 1.54) is 29.7 Å². The number of aromatic nitrogens is 3. The molecule has 3 aromatic rings. The molecule has 39 heavy (non-hydrogen) atoms. The minimum Gasteiger partial charge on any atom is -0.445 e. The molecule has 1 aliphatic rings. The van der Waals surface area contributed by atoms with Crippen molar-refractivity contribution in [1.82, 2.24) is 19.9 Å². The van der Waals surface area contributed by atoms with Gasteiger partial charge in [0.15, 0.2) is 5.82 Å². The van der Waals surface area contributed by atoms with Gasteiger partial charge in [-0.1, -0.05) is 18.7 Å². The van der Waals surface area contributed by atoms with Crippen LogP contribution in [0.5, 0.6) is 0 Å². The summed E-state index contributed by atoms with van der Waals surface area (Å²) < 4.78 is 26.1. The number of hydrogen-bond donors (Lipinski definition) is 1. The number of thiazole rings is 1. The molecule has 1 aliphatic heterocycles. The predicted molar refractivity (Wildman–Crippen MR) is 148 cm³/mol. The van der Waals surface area contributed by atoms with Crippen molar-refractivity contribution in [1.29, 1.82) is 0 Å². The molecule has 3 heterocycles. The SMILES string of the molecule is C=CCOC(=O)Nc1cccc(-c2nc(C3CCN(C(=O)OC(C)(C)C)CC3)sc2-c2ccnc(Cl)n2)c1F. The normalized spacial score (nSPS) is 14.1. The molecule has 1 N–H and O–H groups in total. The molecule has 1 saturated heterocycles. The summed E-state index contributed by atoms with van der Waals surface area (Å²) in [5.74, 6) is -0.609. The number of ether oxygens (including phenoxy) is 2. The molecule has 0 saturated carbocycles. The van der Waals surface area contributed by atoms with Gasteiger partial charge in [0.05, 0.1) is 27.0 Å². The molecule has 0 unspecified atom stereocenters. The van der Waals surface area contributed by atoms with Gasteiger partial charge in [0.1, 0.15) is 12.2 Å². The molecule has 4 rings (SSSR count). The van der Waals surface area contributed by atoms with Crippen LogP contribution in [-0.2, 0) is 9.47 Å². The fourth-order valence-corrected chi connectivity index (χ4v) is 5.42.